The zero-order valence-electron chi connectivity index (χ0n) is 14.1. The number of benzene rings is 2. The number of primary sulfonamides is 1. The van der Waals surface area contributed by atoms with Crippen LogP contribution in [0, 0.1) is 0 Å². The Labute approximate surface area is 160 Å². The first-order valence-corrected chi connectivity index (χ1v) is 9.40. The number of sulfonamides is 1. The molecule has 0 aliphatic heterocycles. The molecule has 0 heterocycles. The van der Waals surface area contributed by atoms with Gasteiger partial charge >= 0.3 is 5.97 Å². The highest BCUT2D eigenvalue weighted by atomic mass is 35.5. The molecule has 0 aromatic heterocycles. The predicted molar refractivity (Wildman–Crippen MR) is 98.2 cm³/mol. The Hall–Kier alpha value is -2.75. The van der Waals surface area contributed by atoms with Crippen LogP contribution in [0.5, 0.6) is 0 Å². The van der Waals surface area contributed by atoms with Crippen LogP contribution in [0.2, 0.25) is 5.02 Å². The molecule has 0 radical (unpaired) electrons. The van der Waals surface area contributed by atoms with E-state index in [1.54, 1.807) is 12.1 Å². The molecule has 0 saturated heterocycles. The fraction of sp³-hybridized carbons (Fsp3) is 0.118. The average Bonchev–Trinajstić information content (AvgIpc) is 2.59. The number of rotatable bonds is 6. The van der Waals surface area contributed by atoms with Crippen LogP contribution < -0.4 is 10.5 Å². The molecule has 0 bridgehead atoms. The minimum atomic E-state index is -4.11. The van der Waals surface area contributed by atoms with Crippen molar-refractivity contribution in [2.75, 3.05) is 11.9 Å². The lowest BCUT2D eigenvalue weighted by Gasteiger charge is -2.08. The van der Waals surface area contributed by atoms with Gasteiger partial charge in [0.15, 0.2) is 12.4 Å². The molecule has 0 fully saturated rings. The van der Waals surface area contributed by atoms with E-state index in [1.165, 1.54) is 31.2 Å². The van der Waals surface area contributed by atoms with Gasteiger partial charge in [-0.2, -0.15) is 0 Å². The topological polar surface area (TPSA) is 133 Å². The summed E-state index contributed by atoms with van der Waals surface area (Å²) in [7, 11) is -4.11. The lowest BCUT2D eigenvalue weighted by atomic mass is 10.1. The third-order valence-electron chi connectivity index (χ3n) is 3.38. The highest BCUT2D eigenvalue weighted by Crippen LogP contribution is 2.22. The summed E-state index contributed by atoms with van der Waals surface area (Å²) in [5.74, 6) is -1.64. The summed E-state index contributed by atoms with van der Waals surface area (Å²) in [4.78, 5) is 34.6. The predicted octanol–water partition coefficient (Wildman–Crippen LogP) is 1.99. The van der Waals surface area contributed by atoms with Crippen LogP contribution in [-0.2, 0) is 19.6 Å². The van der Waals surface area contributed by atoms with Crippen molar-refractivity contribution >= 4 is 45.0 Å². The standard InChI is InChI=1S/C17H15ClN2O6S/c1-10(21)11-2-5-13(6-3-11)20-16(22)9-26-17(23)12-4-7-14(18)15(8-12)27(19,24)25/h2-8H,9H2,1H3,(H,20,22)(H2,19,24,25). The van der Waals surface area contributed by atoms with Crippen LogP contribution in [0.4, 0.5) is 5.69 Å². The monoisotopic (exact) mass is 410 g/mol. The number of hydrogen-bond acceptors (Lipinski definition) is 6. The average molecular weight is 411 g/mol. The van der Waals surface area contributed by atoms with Crippen LogP contribution in [0.3, 0.4) is 0 Å². The second-order valence-electron chi connectivity index (χ2n) is 5.45. The number of halogens is 1. The number of esters is 1. The number of ether oxygens (including phenoxy) is 1. The number of nitrogens with one attached hydrogen (secondary N) is 1. The lowest BCUT2D eigenvalue weighted by Crippen LogP contribution is -2.21. The van der Waals surface area contributed by atoms with Crippen LogP contribution in [-0.4, -0.2) is 32.7 Å². The summed E-state index contributed by atoms with van der Waals surface area (Å²) < 4.78 is 27.7. The molecule has 2 aromatic rings. The normalized spacial score (nSPS) is 10.9. The third-order valence-corrected chi connectivity index (χ3v) is 4.78. The van der Waals surface area contributed by atoms with Gasteiger partial charge in [-0.05, 0) is 49.4 Å². The van der Waals surface area contributed by atoms with Crippen molar-refractivity contribution in [2.45, 2.75) is 11.8 Å². The minimum absolute atomic E-state index is 0.108. The van der Waals surface area contributed by atoms with Gasteiger partial charge in [0.25, 0.3) is 5.91 Å². The number of hydrogen-bond donors (Lipinski definition) is 2. The van der Waals surface area contributed by atoms with E-state index in [9.17, 15) is 22.8 Å². The zero-order valence-corrected chi connectivity index (χ0v) is 15.6. The van der Waals surface area contributed by atoms with E-state index in [2.05, 4.69) is 5.32 Å². The molecule has 0 unspecified atom stereocenters. The highest BCUT2D eigenvalue weighted by Gasteiger charge is 2.18. The molecular formula is C17H15ClN2O6S. The molecule has 3 N–H and O–H groups in total. The van der Waals surface area contributed by atoms with Gasteiger partial charge in [0.1, 0.15) is 4.90 Å². The van der Waals surface area contributed by atoms with Crippen molar-refractivity contribution < 1.29 is 27.5 Å². The second-order valence-corrected chi connectivity index (χ2v) is 7.39. The van der Waals surface area contributed by atoms with E-state index in [1.807, 2.05) is 0 Å². The van der Waals surface area contributed by atoms with E-state index >= 15 is 0 Å². The maximum atomic E-state index is 12.0. The van der Waals surface area contributed by atoms with Crippen LogP contribution in [0.15, 0.2) is 47.4 Å². The van der Waals surface area contributed by atoms with Crippen molar-refractivity contribution in [3.8, 4) is 0 Å². The first-order chi connectivity index (χ1) is 12.6. The van der Waals surface area contributed by atoms with Crippen LogP contribution in [0.25, 0.3) is 0 Å². The largest absolute Gasteiger partial charge is 0.452 e. The molecular weight excluding hydrogens is 396 g/mol. The van der Waals surface area contributed by atoms with Gasteiger partial charge in [-0.15, -0.1) is 0 Å². The molecule has 0 saturated carbocycles. The first-order valence-electron chi connectivity index (χ1n) is 7.48. The molecule has 0 spiro atoms. The van der Waals surface area contributed by atoms with Crippen molar-refractivity contribution in [3.05, 3.63) is 58.6 Å². The Balaban J connectivity index is 1.99. The summed E-state index contributed by atoms with van der Waals surface area (Å²) in [6.45, 7) is 0.825. The summed E-state index contributed by atoms with van der Waals surface area (Å²) in [5.41, 5.74) is 0.791. The Morgan fingerprint density at radius 2 is 1.67 bits per heavy atom. The zero-order chi connectivity index (χ0) is 20.2. The Morgan fingerprint density at radius 3 is 2.22 bits per heavy atom. The summed E-state index contributed by atoms with van der Waals surface area (Å²) in [5, 5.41) is 7.37. The number of nitrogens with two attached hydrogens (primary N) is 1. The molecule has 0 aliphatic carbocycles. The van der Waals surface area contributed by atoms with Crippen LogP contribution >= 0.6 is 11.6 Å². The number of anilines is 1. The van der Waals surface area contributed by atoms with Crippen LogP contribution in [0.1, 0.15) is 27.6 Å². The van der Waals surface area contributed by atoms with Crippen molar-refractivity contribution in [3.63, 3.8) is 0 Å². The molecule has 142 valence electrons. The maximum Gasteiger partial charge on any atom is 0.338 e. The Bertz CT molecular complexity index is 1000. The van der Waals surface area contributed by atoms with Gasteiger partial charge in [0, 0.05) is 11.3 Å². The third kappa shape index (κ3) is 5.61. The van der Waals surface area contributed by atoms with Crippen molar-refractivity contribution in [1.82, 2.24) is 0 Å². The molecule has 27 heavy (non-hydrogen) atoms. The van der Waals surface area contributed by atoms with E-state index in [0.29, 0.717) is 11.3 Å². The minimum Gasteiger partial charge on any atom is -0.452 e. The fourth-order valence-corrected chi connectivity index (χ4v) is 3.12. The summed E-state index contributed by atoms with van der Waals surface area (Å²) in [6.07, 6.45) is 0. The van der Waals surface area contributed by atoms with E-state index in [0.717, 1.165) is 6.07 Å². The number of carbonyl (C=O) groups is 3. The fourth-order valence-electron chi connectivity index (χ4n) is 2.05. The lowest BCUT2D eigenvalue weighted by molar-refractivity contribution is -0.119. The van der Waals surface area contributed by atoms with Gasteiger partial charge in [-0.25, -0.2) is 18.4 Å². The number of ketones is 1. The van der Waals surface area contributed by atoms with Crippen molar-refractivity contribution in [1.29, 1.82) is 0 Å². The SMILES string of the molecule is CC(=O)c1ccc(NC(=O)COC(=O)c2ccc(Cl)c(S(N)(=O)=O)c2)cc1. The van der Waals surface area contributed by atoms with E-state index in [-0.39, 0.29) is 16.4 Å². The molecule has 1 amide bonds. The van der Waals surface area contributed by atoms with Gasteiger partial charge in [0.2, 0.25) is 10.0 Å². The first kappa shape index (κ1) is 20.6. The molecule has 0 aliphatic rings. The van der Waals surface area contributed by atoms with Gasteiger partial charge < -0.3 is 10.1 Å². The molecule has 10 heteroatoms. The second kappa shape index (κ2) is 8.30. The van der Waals surface area contributed by atoms with Gasteiger partial charge in [-0.1, -0.05) is 11.6 Å². The summed E-state index contributed by atoms with van der Waals surface area (Å²) in [6, 6.07) is 9.58. The number of carbonyl (C=O) groups excluding carboxylic acids is 3. The van der Waals surface area contributed by atoms with E-state index < -0.39 is 33.4 Å². The molecule has 0 atom stereocenters. The maximum absolute atomic E-state index is 12.0. The van der Waals surface area contributed by atoms with Crippen molar-refractivity contribution in [2.24, 2.45) is 5.14 Å². The number of amides is 1. The highest BCUT2D eigenvalue weighted by molar-refractivity contribution is 7.89. The Kier molecular flexibility index (Phi) is 6.32. The molecule has 2 rings (SSSR count). The quantitative estimate of drug-likeness (QED) is 0.552. The number of Topliss-reactive ketones (excluding diaryl/α,β-unsaturated/α-hetero) is 1. The molecule has 8 nitrogen and oxygen atoms in total. The molecule has 2 aromatic carbocycles. The Morgan fingerprint density at radius 1 is 1.07 bits per heavy atom. The van der Waals surface area contributed by atoms with E-state index in [4.69, 9.17) is 21.5 Å². The van der Waals surface area contributed by atoms with Gasteiger partial charge in [-0.3, -0.25) is 9.59 Å². The summed E-state index contributed by atoms with van der Waals surface area (Å²) >= 11 is 5.74. The smallest absolute Gasteiger partial charge is 0.338 e. The van der Waals surface area contributed by atoms with Gasteiger partial charge in [0.05, 0.1) is 10.6 Å².